The Morgan fingerprint density at radius 3 is 2.60 bits per heavy atom. The third-order valence-corrected chi connectivity index (χ3v) is 6.08. The fourth-order valence-corrected chi connectivity index (χ4v) is 4.58. The summed E-state index contributed by atoms with van der Waals surface area (Å²) >= 11 is 0. The van der Waals surface area contributed by atoms with Crippen LogP contribution >= 0.6 is 0 Å². The van der Waals surface area contributed by atoms with Crippen molar-refractivity contribution >= 4 is 0 Å². The highest BCUT2D eigenvalue weighted by atomic mass is 16.5. The molecule has 0 bridgehead atoms. The molecule has 3 nitrogen and oxygen atoms in total. The number of nitrogens with one attached hydrogen (secondary N) is 1. The van der Waals surface area contributed by atoms with Crippen LogP contribution in [-0.4, -0.2) is 48.8 Å². The Bertz CT molecular complexity index is 332. The summed E-state index contributed by atoms with van der Waals surface area (Å²) < 4.78 is 6.13. The summed E-state index contributed by atoms with van der Waals surface area (Å²) in [6.45, 7) is 4.84. The largest absolute Gasteiger partial charge is 0.375 e. The lowest BCUT2D eigenvalue weighted by atomic mass is 9.73. The summed E-state index contributed by atoms with van der Waals surface area (Å²) in [6.07, 6.45) is 12.4. The molecule has 0 aromatic heterocycles. The van der Waals surface area contributed by atoms with E-state index in [2.05, 4.69) is 10.2 Å². The van der Waals surface area contributed by atoms with Crippen LogP contribution in [0.5, 0.6) is 0 Å². The average Bonchev–Trinajstić information content (AvgIpc) is 3.29. The van der Waals surface area contributed by atoms with Crippen LogP contribution in [0.1, 0.15) is 57.8 Å². The van der Waals surface area contributed by atoms with E-state index in [0.29, 0.717) is 5.60 Å². The number of rotatable bonds is 4. The first kappa shape index (κ1) is 13.5. The lowest BCUT2D eigenvalue weighted by Crippen LogP contribution is -2.54. The molecule has 2 unspecified atom stereocenters. The van der Waals surface area contributed by atoms with Crippen molar-refractivity contribution < 1.29 is 4.74 Å². The predicted molar refractivity (Wildman–Crippen MR) is 80.9 cm³/mol. The second kappa shape index (κ2) is 5.58. The van der Waals surface area contributed by atoms with Gasteiger partial charge in [0.2, 0.25) is 0 Å². The molecule has 20 heavy (non-hydrogen) atoms. The van der Waals surface area contributed by atoms with Crippen LogP contribution in [0, 0.1) is 5.92 Å². The van der Waals surface area contributed by atoms with Crippen molar-refractivity contribution in [3.8, 4) is 0 Å². The van der Waals surface area contributed by atoms with Crippen molar-refractivity contribution in [2.45, 2.75) is 75.5 Å². The first-order valence-corrected chi connectivity index (χ1v) is 8.95. The molecule has 2 atom stereocenters. The third kappa shape index (κ3) is 2.77. The van der Waals surface area contributed by atoms with Crippen molar-refractivity contribution in [3.63, 3.8) is 0 Å². The molecule has 2 heterocycles. The van der Waals surface area contributed by atoms with E-state index in [1.54, 1.807) is 0 Å². The molecule has 2 aliphatic carbocycles. The Hall–Kier alpha value is -0.120. The number of hydrogen-bond donors (Lipinski definition) is 1. The van der Waals surface area contributed by atoms with Gasteiger partial charge < -0.3 is 10.1 Å². The van der Waals surface area contributed by atoms with Gasteiger partial charge in [-0.3, -0.25) is 4.90 Å². The predicted octanol–water partition coefficient (Wildman–Crippen LogP) is 2.55. The number of nitrogens with zero attached hydrogens (tertiary/aromatic N) is 1. The number of hydrogen-bond acceptors (Lipinski definition) is 3. The van der Waals surface area contributed by atoms with Gasteiger partial charge in [0.25, 0.3) is 0 Å². The highest BCUT2D eigenvalue weighted by Gasteiger charge is 2.46. The smallest absolute Gasteiger partial charge is 0.0697 e. The van der Waals surface area contributed by atoms with Gasteiger partial charge in [0.15, 0.2) is 0 Å². The molecule has 2 aliphatic heterocycles. The first-order valence-electron chi connectivity index (χ1n) is 8.95. The van der Waals surface area contributed by atoms with Crippen LogP contribution in [0.3, 0.4) is 0 Å². The Balaban J connectivity index is 1.39. The molecule has 0 radical (unpaired) electrons. The summed E-state index contributed by atoms with van der Waals surface area (Å²) in [7, 11) is 0. The monoisotopic (exact) mass is 278 g/mol. The average molecular weight is 278 g/mol. The summed E-state index contributed by atoms with van der Waals surface area (Å²) in [5, 5.41) is 3.59. The molecule has 4 aliphatic rings. The van der Waals surface area contributed by atoms with Gasteiger partial charge in [-0.2, -0.15) is 0 Å². The van der Waals surface area contributed by atoms with Crippen LogP contribution in [0.15, 0.2) is 0 Å². The van der Waals surface area contributed by atoms with E-state index >= 15 is 0 Å². The maximum Gasteiger partial charge on any atom is 0.0697 e. The highest BCUT2D eigenvalue weighted by molar-refractivity contribution is 5.00. The van der Waals surface area contributed by atoms with Gasteiger partial charge in [0.05, 0.1) is 5.60 Å². The fraction of sp³-hybridized carbons (Fsp3) is 1.00. The second-order valence-corrected chi connectivity index (χ2v) is 7.67. The Morgan fingerprint density at radius 1 is 1.05 bits per heavy atom. The normalized spacial score (nSPS) is 37.0. The SMILES string of the molecule is C1CNCC(CN(C2CC2)C2CCOC3(CCC3)C2)C1. The maximum absolute atomic E-state index is 6.13. The van der Waals surface area contributed by atoms with Crippen molar-refractivity contribution in [3.05, 3.63) is 0 Å². The minimum absolute atomic E-state index is 0.306. The van der Waals surface area contributed by atoms with E-state index in [1.165, 1.54) is 77.4 Å². The zero-order chi connectivity index (χ0) is 13.4. The molecular formula is C17H30N2O. The number of piperidine rings is 1. The summed E-state index contributed by atoms with van der Waals surface area (Å²) in [6, 6.07) is 1.73. The minimum atomic E-state index is 0.306. The van der Waals surface area contributed by atoms with Crippen molar-refractivity contribution in [2.75, 3.05) is 26.2 Å². The second-order valence-electron chi connectivity index (χ2n) is 7.67. The molecular weight excluding hydrogens is 248 g/mol. The van der Waals surface area contributed by atoms with E-state index in [0.717, 1.165) is 24.6 Å². The van der Waals surface area contributed by atoms with Gasteiger partial charge in [-0.25, -0.2) is 0 Å². The molecule has 0 aromatic carbocycles. The lowest BCUT2D eigenvalue weighted by molar-refractivity contribution is -0.150. The van der Waals surface area contributed by atoms with E-state index in [-0.39, 0.29) is 0 Å². The molecule has 4 fully saturated rings. The third-order valence-electron chi connectivity index (χ3n) is 6.08. The zero-order valence-electron chi connectivity index (χ0n) is 12.8. The molecule has 0 amide bonds. The first-order chi connectivity index (χ1) is 9.85. The fourth-order valence-electron chi connectivity index (χ4n) is 4.58. The zero-order valence-corrected chi connectivity index (χ0v) is 12.8. The summed E-state index contributed by atoms with van der Waals surface area (Å²) in [4.78, 5) is 2.90. The van der Waals surface area contributed by atoms with Gasteiger partial charge in [-0.1, -0.05) is 0 Å². The Kier molecular flexibility index (Phi) is 3.78. The van der Waals surface area contributed by atoms with Crippen molar-refractivity contribution in [2.24, 2.45) is 5.92 Å². The molecule has 2 saturated carbocycles. The molecule has 3 heteroatoms. The summed E-state index contributed by atoms with van der Waals surface area (Å²) in [5.41, 5.74) is 0.306. The van der Waals surface area contributed by atoms with Crippen LogP contribution < -0.4 is 5.32 Å². The molecule has 4 rings (SSSR count). The van der Waals surface area contributed by atoms with Crippen LogP contribution in [-0.2, 0) is 4.74 Å². The Labute approximate surface area is 123 Å². The van der Waals surface area contributed by atoms with Crippen LogP contribution in [0.2, 0.25) is 0 Å². The van der Waals surface area contributed by atoms with E-state index < -0.39 is 0 Å². The van der Waals surface area contributed by atoms with Gasteiger partial charge in [0.1, 0.15) is 0 Å². The molecule has 2 saturated heterocycles. The highest BCUT2D eigenvalue weighted by Crippen LogP contribution is 2.45. The maximum atomic E-state index is 6.13. The van der Waals surface area contributed by atoms with Crippen molar-refractivity contribution in [1.82, 2.24) is 10.2 Å². The van der Waals surface area contributed by atoms with Gasteiger partial charge >= 0.3 is 0 Å². The summed E-state index contributed by atoms with van der Waals surface area (Å²) in [5.74, 6) is 0.893. The van der Waals surface area contributed by atoms with Gasteiger partial charge in [-0.05, 0) is 76.8 Å². The standard InChI is InChI=1S/C17H30N2O/c1-3-14(12-18-9-1)13-19(15-4-5-15)16-6-10-20-17(11-16)7-2-8-17/h14-16,18H,1-13H2. The topological polar surface area (TPSA) is 24.5 Å². The van der Waals surface area contributed by atoms with E-state index in [9.17, 15) is 0 Å². The number of ether oxygens (including phenoxy) is 1. The Morgan fingerprint density at radius 2 is 1.95 bits per heavy atom. The van der Waals surface area contributed by atoms with E-state index in [1.807, 2.05) is 0 Å². The van der Waals surface area contributed by atoms with Crippen molar-refractivity contribution in [1.29, 1.82) is 0 Å². The van der Waals surface area contributed by atoms with Gasteiger partial charge in [-0.15, -0.1) is 0 Å². The van der Waals surface area contributed by atoms with Crippen LogP contribution in [0.4, 0.5) is 0 Å². The minimum Gasteiger partial charge on any atom is -0.375 e. The molecule has 0 aromatic rings. The quantitative estimate of drug-likeness (QED) is 0.855. The molecule has 1 N–H and O–H groups in total. The van der Waals surface area contributed by atoms with Crippen LogP contribution in [0.25, 0.3) is 0 Å². The lowest BCUT2D eigenvalue weighted by Gasteiger charge is -2.50. The van der Waals surface area contributed by atoms with E-state index in [4.69, 9.17) is 4.74 Å². The molecule has 1 spiro atoms. The van der Waals surface area contributed by atoms with Gasteiger partial charge in [0, 0.05) is 25.2 Å². The molecule has 114 valence electrons.